The average molecular weight is 544 g/mol. The van der Waals surface area contributed by atoms with E-state index in [4.69, 9.17) is 27.9 Å². The minimum absolute atomic E-state index is 0.354. The fraction of sp³-hybridized carbons (Fsp3) is 0.182. The molecule has 0 bridgehead atoms. The normalized spacial score (nSPS) is 10.8. The van der Waals surface area contributed by atoms with E-state index in [9.17, 15) is 0 Å². The van der Waals surface area contributed by atoms with Crippen molar-refractivity contribution < 1.29 is 4.74 Å². The number of hydrogen-bond donors (Lipinski definition) is 1. The second-order valence-corrected chi connectivity index (χ2v) is 9.17. The van der Waals surface area contributed by atoms with Crippen molar-refractivity contribution in [2.75, 3.05) is 5.32 Å². The molecule has 0 heterocycles. The van der Waals surface area contributed by atoms with Gasteiger partial charge in [-0.05, 0) is 77.3 Å². The highest BCUT2D eigenvalue weighted by atomic mass is 79.9. The van der Waals surface area contributed by atoms with Gasteiger partial charge in [0, 0.05) is 37.9 Å². The Hall–Kier alpha value is -1.20. The fourth-order valence-corrected chi connectivity index (χ4v) is 4.64. The zero-order valence-corrected chi connectivity index (χ0v) is 20.1. The summed E-state index contributed by atoms with van der Waals surface area (Å²) in [5.41, 5.74) is 5.53. The smallest absolute Gasteiger partial charge is 0.139 e. The highest BCUT2D eigenvalue weighted by Gasteiger charge is 2.12. The summed E-state index contributed by atoms with van der Waals surface area (Å²) in [6, 6.07) is 15.8. The van der Waals surface area contributed by atoms with Crippen molar-refractivity contribution in [3.63, 3.8) is 0 Å². The van der Waals surface area contributed by atoms with Crippen LogP contribution in [0, 0.1) is 13.8 Å². The predicted molar refractivity (Wildman–Crippen MR) is 126 cm³/mol. The van der Waals surface area contributed by atoms with Crippen molar-refractivity contribution in [3.05, 3.63) is 89.8 Å². The van der Waals surface area contributed by atoms with Crippen LogP contribution in [0.15, 0.2) is 57.5 Å². The zero-order chi connectivity index (χ0) is 20.3. The highest BCUT2D eigenvalue weighted by Crippen LogP contribution is 2.35. The van der Waals surface area contributed by atoms with Crippen molar-refractivity contribution in [2.45, 2.75) is 27.0 Å². The van der Waals surface area contributed by atoms with Gasteiger partial charge in [-0.2, -0.15) is 0 Å². The molecule has 0 aliphatic rings. The van der Waals surface area contributed by atoms with Gasteiger partial charge >= 0.3 is 0 Å². The van der Waals surface area contributed by atoms with E-state index < -0.39 is 0 Å². The first-order chi connectivity index (χ1) is 13.3. The van der Waals surface area contributed by atoms with Gasteiger partial charge in [0.15, 0.2) is 0 Å². The van der Waals surface area contributed by atoms with Gasteiger partial charge in [-0.25, -0.2) is 0 Å². The van der Waals surface area contributed by atoms with Gasteiger partial charge in [-0.15, -0.1) is 0 Å². The Morgan fingerprint density at radius 1 is 0.893 bits per heavy atom. The number of halogens is 4. The summed E-state index contributed by atoms with van der Waals surface area (Å²) in [5.74, 6) is 0.783. The Kier molecular flexibility index (Phi) is 7.32. The van der Waals surface area contributed by atoms with Crippen molar-refractivity contribution in [1.82, 2.24) is 0 Å². The van der Waals surface area contributed by atoms with E-state index >= 15 is 0 Å². The van der Waals surface area contributed by atoms with Crippen molar-refractivity contribution >= 4 is 60.7 Å². The minimum Gasteiger partial charge on any atom is -0.487 e. The maximum absolute atomic E-state index is 6.27. The van der Waals surface area contributed by atoms with Crippen LogP contribution in [0.1, 0.15) is 22.3 Å². The third kappa shape index (κ3) is 5.44. The van der Waals surface area contributed by atoms with Crippen LogP contribution in [-0.2, 0) is 13.2 Å². The molecule has 0 radical (unpaired) electrons. The largest absolute Gasteiger partial charge is 0.487 e. The van der Waals surface area contributed by atoms with Gasteiger partial charge < -0.3 is 10.1 Å². The molecule has 0 saturated carbocycles. The van der Waals surface area contributed by atoms with Crippen LogP contribution in [0.5, 0.6) is 5.75 Å². The summed E-state index contributed by atoms with van der Waals surface area (Å²) in [7, 11) is 0. The summed E-state index contributed by atoms with van der Waals surface area (Å²) in [6.45, 7) is 5.20. The van der Waals surface area contributed by atoms with E-state index in [0.717, 1.165) is 31.5 Å². The Bertz CT molecular complexity index is 1010. The van der Waals surface area contributed by atoms with E-state index in [1.807, 2.05) is 18.2 Å². The van der Waals surface area contributed by atoms with Gasteiger partial charge in [-0.3, -0.25) is 0 Å². The molecule has 28 heavy (non-hydrogen) atoms. The summed E-state index contributed by atoms with van der Waals surface area (Å²) < 4.78 is 7.98. The molecule has 0 aromatic heterocycles. The van der Waals surface area contributed by atoms with Gasteiger partial charge in [0.2, 0.25) is 0 Å². The van der Waals surface area contributed by atoms with Crippen LogP contribution >= 0.6 is 55.1 Å². The molecule has 146 valence electrons. The molecule has 0 aliphatic heterocycles. The highest BCUT2D eigenvalue weighted by molar-refractivity contribution is 9.11. The molecular formula is C22H19Br2Cl2NO. The first kappa shape index (κ1) is 21.5. The molecular weight excluding hydrogens is 525 g/mol. The van der Waals surface area contributed by atoms with E-state index in [2.05, 4.69) is 75.3 Å². The minimum atomic E-state index is 0.354. The zero-order valence-electron chi connectivity index (χ0n) is 15.5. The van der Waals surface area contributed by atoms with E-state index in [0.29, 0.717) is 23.2 Å². The monoisotopic (exact) mass is 541 g/mol. The number of nitrogens with one attached hydrogen (secondary N) is 1. The van der Waals surface area contributed by atoms with Crippen LogP contribution in [0.2, 0.25) is 10.0 Å². The van der Waals surface area contributed by atoms with Crippen molar-refractivity contribution in [2.24, 2.45) is 0 Å². The lowest BCUT2D eigenvalue weighted by Crippen LogP contribution is -2.05. The second kappa shape index (κ2) is 9.53. The summed E-state index contributed by atoms with van der Waals surface area (Å²) >= 11 is 19.4. The topological polar surface area (TPSA) is 21.3 Å². The SMILES string of the molecule is Cc1ccc(NCc2cc(Br)cc(Br)c2OCc2ccc(Cl)cc2Cl)cc1C. The van der Waals surface area contributed by atoms with Gasteiger partial charge in [0.25, 0.3) is 0 Å². The van der Waals surface area contributed by atoms with E-state index in [-0.39, 0.29) is 0 Å². The molecule has 6 heteroatoms. The lowest BCUT2D eigenvalue weighted by atomic mass is 10.1. The van der Waals surface area contributed by atoms with Crippen molar-refractivity contribution in [3.8, 4) is 5.75 Å². The molecule has 3 aromatic carbocycles. The maximum atomic E-state index is 6.27. The van der Waals surface area contributed by atoms with E-state index in [1.54, 1.807) is 6.07 Å². The first-order valence-corrected chi connectivity index (χ1v) is 11.0. The number of rotatable bonds is 6. The summed E-state index contributed by atoms with van der Waals surface area (Å²) in [4.78, 5) is 0. The number of ether oxygens (including phenoxy) is 1. The Labute approximate surface area is 192 Å². The van der Waals surface area contributed by atoms with Crippen LogP contribution in [0.25, 0.3) is 0 Å². The molecule has 0 unspecified atom stereocenters. The standard InChI is InChI=1S/C22H19Br2Cl2NO/c1-13-3-6-19(7-14(13)2)27-11-16-8-17(23)9-20(24)22(16)28-12-15-4-5-18(25)10-21(15)26/h3-10,27H,11-12H2,1-2H3. The third-order valence-corrected chi connectivity index (χ3v) is 6.10. The summed E-state index contributed by atoms with van der Waals surface area (Å²) in [6.07, 6.45) is 0. The number of hydrogen-bond acceptors (Lipinski definition) is 2. The van der Waals surface area contributed by atoms with Gasteiger partial charge in [-0.1, -0.05) is 51.3 Å². The van der Waals surface area contributed by atoms with Crippen LogP contribution < -0.4 is 10.1 Å². The summed E-state index contributed by atoms with van der Waals surface area (Å²) in [5, 5.41) is 4.68. The average Bonchev–Trinajstić information content (AvgIpc) is 2.63. The quantitative estimate of drug-likeness (QED) is 0.337. The predicted octanol–water partition coefficient (Wildman–Crippen LogP) is 8.33. The number of anilines is 1. The molecule has 3 rings (SSSR count). The molecule has 1 N–H and O–H groups in total. The Morgan fingerprint density at radius 3 is 2.39 bits per heavy atom. The van der Waals surface area contributed by atoms with Gasteiger partial charge in [0.1, 0.15) is 12.4 Å². The van der Waals surface area contributed by atoms with Crippen LogP contribution in [0.4, 0.5) is 5.69 Å². The van der Waals surface area contributed by atoms with Crippen LogP contribution in [-0.4, -0.2) is 0 Å². The molecule has 2 nitrogen and oxygen atoms in total. The number of aryl methyl sites for hydroxylation is 2. The Balaban J connectivity index is 1.79. The van der Waals surface area contributed by atoms with Crippen LogP contribution in [0.3, 0.4) is 0 Å². The molecule has 0 spiro atoms. The molecule has 0 atom stereocenters. The molecule has 3 aromatic rings. The lowest BCUT2D eigenvalue weighted by molar-refractivity contribution is 0.301. The molecule has 0 aliphatic carbocycles. The number of benzene rings is 3. The first-order valence-electron chi connectivity index (χ1n) is 8.69. The van der Waals surface area contributed by atoms with Crippen molar-refractivity contribution in [1.29, 1.82) is 0 Å². The fourth-order valence-electron chi connectivity index (χ4n) is 2.74. The van der Waals surface area contributed by atoms with Gasteiger partial charge in [0.05, 0.1) is 4.47 Å². The molecule has 0 saturated heterocycles. The maximum Gasteiger partial charge on any atom is 0.139 e. The lowest BCUT2D eigenvalue weighted by Gasteiger charge is -2.16. The molecule has 0 fully saturated rings. The second-order valence-electron chi connectivity index (χ2n) is 6.55. The molecule has 0 amide bonds. The van der Waals surface area contributed by atoms with E-state index in [1.165, 1.54) is 11.1 Å². The third-order valence-electron chi connectivity index (χ3n) is 4.46. The Morgan fingerprint density at radius 2 is 1.68 bits per heavy atom.